The van der Waals surface area contributed by atoms with Gasteiger partial charge in [-0.1, -0.05) is 165 Å². The van der Waals surface area contributed by atoms with Gasteiger partial charge in [-0.05, 0) is 39.0 Å². The zero-order valence-electron chi connectivity index (χ0n) is 33.6. The summed E-state index contributed by atoms with van der Waals surface area (Å²) in [5, 5.41) is 64.5. The lowest BCUT2D eigenvalue weighted by molar-refractivity contribution is -0.302. The van der Waals surface area contributed by atoms with Gasteiger partial charge in [0, 0.05) is 0 Å². The SMILES string of the molecule is CCCCCCCCCCC/C=C/C(C)=C/CC/C=C/[C@@H](O)[C@H](CO[C@@H]1O[C@H](CO)[C@@H](O)[C@H](O)[C@H]1O)NC(=O)[C@H](O)CCCCCCCCCCCC. The minimum atomic E-state index is -1.62. The molecule has 0 bridgehead atoms. The quantitative estimate of drug-likeness (QED) is 0.0210. The highest BCUT2D eigenvalue weighted by Gasteiger charge is 2.44. The second-order valence-corrected chi connectivity index (χ2v) is 15.1. The lowest BCUT2D eigenvalue weighted by Crippen LogP contribution is -2.60. The van der Waals surface area contributed by atoms with Crippen LogP contribution in [0.3, 0.4) is 0 Å². The minimum absolute atomic E-state index is 0.299. The highest BCUT2D eigenvalue weighted by atomic mass is 16.7. The monoisotopic (exact) mass is 754 g/mol. The van der Waals surface area contributed by atoms with E-state index in [1.54, 1.807) is 6.08 Å². The molecule has 0 unspecified atom stereocenters. The van der Waals surface area contributed by atoms with Crippen molar-refractivity contribution >= 4 is 5.91 Å². The summed E-state index contributed by atoms with van der Waals surface area (Å²) in [6, 6.07) is -1.00. The van der Waals surface area contributed by atoms with Crippen LogP contribution in [0.5, 0.6) is 0 Å². The van der Waals surface area contributed by atoms with E-state index in [1.165, 1.54) is 102 Å². The Kier molecular flexibility index (Phi) is 30.4. The van der Waals surface area contributed by atoms with Crippen LogP contribution >= 0.6 is 0 Å². The Hall–Kier alpha value is -1.63. The lowest BCUT2D eigenvalue weighted by atomic mass is 9.99. The number of hydrogen-bond acceptors (Lipinski definition) is 9. The number of carbonyl (C=O) groups is 1. The zero-order valence-corrected chi connectivity index (χ0v) is 33.6. The van der Waals surface area contributed by atoms with Crippen LogP contribution in [0.4, 0.5) is 0 Å². The fraction of sp³-hybridized carbons (Fsp3) is 0.837. The van der Waals surface area contributed by atoms with Crippen molar-refractivity contribution in [2.45, 2.75) is 217 Å². The lowest BCUT2D eigenvalue weighted by Gasteiger charge is -2.40. The van der Waals surface area contributed by atoms with Crippen molar-refractivity contribution in [3.63, 3.8) is 0 Å². The Morgan fingerprint density at radius 2 is 1.26 bits per heavy atom. The highest BCUT2D eigenvalue weighted by molar-refractivity contribution is 5.80. The maximum Gasteiger partial charge on any atom is 0.249 e. The molecular weight excluding hydrogens is 674 g/mol. The number of aliphatic hydroxyl groups is 6. The third-order valence-corrected chi connectivity index (χ3v) is 10.2. The van der Waals surface area contributed by atoms with Gasteiger partial charge in [0.25, 0.3) is 0 Å². The standard InChI is InChI=1S/C43H79NO9/c1-4-6-8-10-12-14-16-17-19-21-24-28-34(3)29-25-23-27-30-36(46)35(33-52-43-41(50)40(49)39(48)38(32-45)53-43)44-42(51)37(47)31-26-22-20-18-15-13-11-9-7-5-2/h24,27-30,35-41,43,45-50H,4-23,25-26,31-33H2,1-3H3,(H,44,51)/b28-24+,30-27+,34-29+/t35-,36+,37+,38+,39+,40-,41+,43+/m0/s1. The number of rotatable bonds is 33. The molecule has 7 N–H and O–H groups in total. The summed E-state index contributed by atoms with van der Waals surface area (Å²) in [7, 11) is 0. The number of allylic oxidation sites excluding steroid dienone is 5. The van der Waals surface area contributed by atoms with Crippen LogP contribution in [-0.2, 0) is 14.3 Å². The van der Waals surface area contributed by atoms with Crippen LogP contribution in [0.15, 0.2) is 36.0 Å². The van der Waals surface area contributed by atoms with E-state index in [1.807, 2.05) is 6.08 Å². The summed E-state index contributed by atoms with van der Waals surface area (Å²) in [6.45, 7) is 5.61. The summed E-state index contributed by atoms with van der Waals surface area (Å²) in [6.07, 6.45) is 26.3. The summed E-state index contributed by atoms with van der Waals surface area (Å²) < 4.78 is 11.1. The van der Waals surface area contributed by atoms with Crippen LogP contribution in [0.25, 0.3) is 0 Å². The molecule has 10 heteroatoms. The number of hydrogen-bond donors (Lipinski definition) is 7. The number of ether oxygens (including phenoxy) is 2. The molecule has 1 fully saturated rings. The molecular formula is C43H79NO9. The summed E-state index contributed by atoms with van der Waals surface area (Å²) in [4.78, 5) is 13.0. The number of unbranched alkanes of at least 4 members (excludes halogenated alkanes) is 19. The average molecular weight is 754 g/mol. The topological polar surface area (TPSA) is 169 Å². The van der Waals surface area contributed by atoms with Crippen molar-refractivity contribution in [3.8, 4) is 0 Å². The van der Waals surface area contributed by atoms with E-state index in [0.29, 0.717) is 19.3 Å². The van der Waals surface area contributed by atoms with Gasteiger partial charge < -0.3 is 45.4 Å². The molecule has 0 aromatic rings. The number of carbonyl (C=O) groups excluding carboxylic acids is 1. The first-order valence-electron chi connectivity index (χ1n) is 21.2. The van der Waals surface area contributed by atoms with Crippen LogP contribution < -0.4 is 5.32 Å². The molecule has 1 aliphatic heterocycles. The first kappa shape index (κ1) is 49.4. The molecule has 0 aliphatic carbocycles. The fourth-order valence-corrected chi connectivity index (χ4v) is 6.55. The van der Waals surface area contributed by atoms with Gasteiger partial charge >= 0.3 is 0 Å². The second-order valence-electron chi connectivity index (χ2n) is 15.1. The molecule has 10 nitrogen and oxygen atoms in total. The normalized spacial score (nSPS) is 22.8. The third-order valence-electron chi connectivity index (χ3n) is 10.2. The first-order chi connectivity index (χ1) is 25.7. The van der Waals surface area contributed by atoms with Gasteiger partial charge in [-0.25, -0.2) is 0 Å². The van der Waals surface area contributed by atoms with E-state index in [0.717, 1.165) is 32.1 Å². The Bertz CT molecular complexity index is 971. The van der Waals surface area contributed by atoms with Crippen molar-refractivity contribution in [3.05, 3.63) is 36.0 Å². The average Bonchev–Trinajstić information content (AvgIpc) is 3.15. The predicted molar refractivity (Wildman–Crippen MR) is 213 cm³/mol. The van der Waals surface area contributed by atoms with Crippen molar-refractivity contribution in [2.24, 2.45) is 0 Å². The van der Waals surface area contributed by atoms with Gasteiger partial charge in [-0.3, -0.25) is 4.79 Å². The van der Waals surface area contributed by atoms with Gasteiger partial charge in [-0.2, -0.15) is 0 Å². The Morgan fingerprint density at radius 1 is 0.717 bits per heavy atom. The summed E-state index contributed by atoms with van der Waals surface area (Å²) >= 11 is 0. The van der Waals surface area contributed by atoms with Gasteiger partial charge in [0.05, 0.1) is 25.4 Å². The van der Waals surface area contributed by atoms with Crippen LogP contribution in [0.1, 0.15) is 168 Å². The molecule has 310 valence electrons. The van der Waals surface area contributed by atoms with E-state index in [4.69, 9.17) is 9.47 Å². The number of amides is 1. The van der Waals surface area contributed by atoms with E-state index in [-0.39, 0.29) is 6.61 Å². The summed E-state index contributed by atoms with van der Waals surface area (Å²) in [5.41, 5.74) is 1.18. The van der Waals surface area contributed by atoms with Crippen LogP contribution in [0, 0.1) is 0 Å². The van der Waals surface area contributed by atoms with Crippen molar-refractivity contribution in [1.29, 1.82) is 0 Å². The van der Waals surface area contributed by atoms with E-state index >= 15 is 0 Å². The molecule has 1 heterocycles. The molecule has 53 heavy (non-hydrogen) atoms. The van der Waals surface area contributed by atoms with Gasteiger partial charge in [0.2, 0.25) is 5.91 Å². The molecule has 0 aromatic carbocycles. The molecule has 8 atom stereocenters. The van der Waals surface area contributed by atoms with Crippen molar-refractivity contribution in [1.82, 2.24) is 5.32 Å². The minimum Gasteiger partial charge on any atom is -0.394 e. The number of nitrogens with one attached hydrogen (secondary N) is 1. The van der Waals surface area contributed by atoms with E-state index in [2.05, 4.69) is 44.3 Å². The van der Waals surface area contributed by atoms with E-state index < -0.39 is 61.5 Å². The maximum atomic E-state index is 13.0. The fourth-order valence-electron chi connectivity index (χ4n) is 6.55. The molecule has 1 rings (SSSR count). The first-order valence-corrected chi connectivity index (χ1v) is 21.2. The summed E-state index contributed by atoms with van der Waals surface area (Å²) in [5.74, 6) is -0.636. The highest BCUT2D eigenvalue weighted by Crippen LogP contribution is 2.22. The Morgan fingerprint density at radius 3 is 1.83 bits per heavy atom. The van der Waals surface area contributed by atoms with Crippen molar-refractivity contribution < 1.29 is 44.9 Å². The molecule has 0 aromatic heterocycles. The van der Waals surface area contributed by atoms with E-state index in [9.17, 15) is 35.4 Å². The van der Waals surface area contributed by atoms with Gasteiger partial charge in [0.15, 0.2) is 6.29 Å². The Balaban J connectivity index is 2.59. The smallest absolute Gasteiger partial charge is 0.249 e. The third kappa shape index (κ3) is 23.8. The molecule has 1 amide bonds. The van der Waals surface area contributed by atoms with Crippen LogP contribution in [0.2, 0.25) is 0 Å². The van der Waals surface area contributed by atoms with Gasteiger partial charge in [0.1, 0.15) is 30.5 Å². The van der Waals surface area contributed by atoms with Crippen molar-refractivity contribution in [2.75, 3.05) is 13.2 Å². The second kappa shape index (κ2) is 32.6. The molecule has 1 saturated heterocycles. The molecule has 0 saturated carbocycles. The van der Waals surface area contributed by atoms with Crippen LogP contribution in [-0.4, -0.2) is 98.7 Å². The maximum absolute atomic E-state index is 13.0. The Labute approximate surface area is 322 Å². The molecule has 0 radical (unpaired) electrons. The number of aliphatic hydroxyl groups excluding tert-OH is 6. The molecule has 0 spiro atoms. The van der Waals surface area contributed by atoms with Gasteiger partial charge in [-0.15, -0.1) is 0 Å². The zero-order chi connectivity index (χ0) is 39.1. The predicted octanol–water partition coefficient (Wildman–Crippen LogP) is 7.08. The molecule has 1 aliphatic rings. The largest absolute Gasteiger partial charge is 0.394 e.